The average Bonchev–Trinajstić information content (AvgIpc) is 2.23. The Bertz CT molecular complexity index is 287. The summed E-state index contributed by atoms with van der Waals surface area (Å²) < 4.78 is 0. The molecule has 0 saturated carbocycles. The van der Waals surface area contributed by atoms with E-state index in [-0.39, 0.29) is 11.3 Å². The molecule has 0 heterocycles. The summed E-state index contributed by atoms with van der Waals surface area (Å²) in [5.41, 5.74) is 0.632. The van der Waals surface area contributed by atoms with Crippen LogP contribution in [0.3, 0.4) is 0 Å². The fourth-order valence-corrected chi connectivity index (χ4v) is 1.65. The number of carbonyl (C=O) groups is 1. The van der Waals surface area contributed by atoms with Crippen LogP contribution >= 0.6 is 0 Å². The maximum Gasteiger partial charge on any atom is 0.251 e. The Hall–Kier alpha value is -1.31. The normalized spacial score (nSPS) is 12.1. The van der Waals surface area contributed by atoms with Crippen molar-refractivity contribution in [3.63, 3.8) is 0 Å². The molecule has 1 amide bonds. The van der Waals surface area contributed by atoms with Crippen molar-refractivity contribution in [1.82, 2.24) is 5.32 Å². The minimum atomic E-state index is -0.128. The van der Waals surface area contributed by atoms with E-state index in [9.17, 15) is 4.79 Å². The second-order valence-corrected chi connectivity index (χ2v) is 4.48. The van der Waals surface area contributed by atoms with Crippen LogP contribution in [0.15, 0.2) is 37.1 Å². The summed E-state index contributed by atoms with van der Waals surface area (Å²) in [6.07, 6.45) is 8.10. The smallest absolute Gasteiger partial charge is 0.251 e. The van der Waals surface area contributed by atoms with Crippen molar-refractivity contribution in [2.75, 3.05) is 0 Å². The molecule has 16 heavy (non-hydrogen) atoms. The number of hydrogen-bond donors (Lipinski definition) is 1. The van der Waals surface area contributed by atoms with E-state index < -0.39 is 0 Å². The fraction of sp³-hybridized carbons (Fsp3) is 0.500. The first-order valence-electron chi connectivity index (χ1n) is 5.74. The monoisotopic (exact) mass is 221 g/mol. The molecule has 0 aliphatic carbocycles. The van der Waals surface area contributed by atoms with Crippen LogP contribution in [-0.4, -0.2) is 5.91 Å². The van der Waals surface area contributed by atoms with Gasteiger partial charge in [-0.1, -0.05) is 58.9 Å². The Morgan fingerprint density at radius 2 is 2.00 bits per heavy atom. The van der Waals surface area contributed by atoms with Crippen LogP contribution < -0.4 is 5.32 Å². The van der Waals surface area contributed by atoms with Crippen LogP contribution in [0.1, 0.15) is 40.0 Å². The Kier molecular flexibility index (Phi) is 6.47. The number of unbranched alkanes of at least 4 members (excludes halogenated alkanes) is 1. The molecule has 2 nitrogen and oxygen atoms in total. The third-order valence-corrected chi connectivity index (χ3v) is 2.65. The summed E-state index contributed by atoms with van der Waals surface area (Å²) in [7, 11) is 0. The van der Waals surface area contributed by atoms with E-state index >= 15 is 0 Å². The third-order valence-electron chi connectivity index (χ3n) is 2.65. The molecule has 0 spiro atoms. The minimum absolute atomic E-state index is 0.0870. The summed E-state index contributed by atoms with van der Waals surface area (Å²) in [5, 5.41) is 2.62. The van der Waals surface area contributed by atoms with Crippen LogP contribution in [0.25, 0.3) is 0 Å². The zero-order chi connectivity index (χ0) is 12.6. The Morgan fingerprint density at radius 3 is 2.44 bits per heavy atom. The van der Waals surface area contributed by atoms with Crippen molar-refractivity contribution < 1.29 is 4.79 Å². The first-order chi connectivity index (χ1) is 7.49. The second-order valence-electron chi connectivity index (χ2n) is 4.48. The molecule has 0 atom stereocenters. The summed E-state index contributed by atoms with van der Waals surface area (Å²) in [6, 6.07) is 0. The minimum Gasteiger partial charge on any atom is -0.329 e. The molecule has 0 radical (unpaired) electrons. The van der Waals surface area contributed by atoms with Crippen molar-refractivity contribution in [2.45, 2.75) is 40.0 Å². The second kappa shape index (κ2) is 7.04. The molecule has 0 aliphatic heterocycles. The van der Waals surface area contributed by atoms with E-state index in [4.69, 9.17) is 0 Å². The number of allylic oxidation sites excluding steroid dienone is 2. The Balaban J connectivity index is 4.89. The number of carbonyl (C=O) groups excluding carboxylic acids is 1. The molecule has 90 valence electrons. The summed E-state index contributed by atoms with van der Waals surface area (Å²) in [5.74, 6) is -0.0870. The molecule has 0 aliphatic rings. The number of amides is 1. The molecule has 2 heteroatoms. The Labute approximate surface area is 99.1 Å². The summed E-state index contributed by atoms with van der Waals surface area (Å²) in [4.78, 5) is 11.8. The number of rotatable bonds is 7. The van der Waals surface area contributed by atoms with Crippen LogP contribution in [0.4, 0.5) is 0 Å². The van der Waals surface area contributed by atoms with Crippen LogP contribution in [0.2, 0.25) is 0 Å². The van der Waals surface area contributed by atoms with Gasteiger partial charge < -0.3 is 5.32 Å². The Morgan fingerprint density at radius 1 is 1.38 bits per heavy atom. The van der Waals surface area contributed by atoms with E-state index in [1.165, 1.54) is 6.20 Å². The largest absolute Gasteiger partial charge is 0.329 e. The van der Waals surface area contributed by atoms with Gasteiger partial charge in [-0.3, -0.25) is 4.79 Å². The van der Waals surface area contributed by atoms with Gasteiger partial charge in [-0.25, -0.2) is 0 Å². The quantitative estimate of drug-likeness (QED) is 0.517. The zero-order valence-electron chi connectivity index (χ0n) is 10.7. The van der Waals surface area contributed by atoms with Crippen molar-refractivity contribution >= 4 is 5.91 Å². The van der Waals surface area contributed by atoms with Gasteiger partial charge in [0.05, 0.1) is 0 Å². The first kappa shape index (κ1) is 14.7. The van der Waals surface area contributed by atoms with Crippen molar-refractivity contribution in [1.29, 1.82) is 0 Å². The lowest BCUT2D eigenvalue weighted by molar-refractivity contribution is -0.117. The van der Waals surface area contributed by atoms with E-state index in [0.717, 1.165) is 24.8 Å². The van der Waals surface area contributed by atoms with Gasteiger partial charge in [0, 0.05) is 5.57 Å². The highest BCUT2D eigenvalue weighted by Gasteiger charge is 2.26. The SMILES string of the molecule is C=C/C=C(\C(=O)NC=C)C(C)(C)CCCC. The molecule has 0 aromatic rings. The lowest BCUT2D eigenvalue weighted by Gasteiger charge is -2.26. The maximum absolute atomic E-state index is 11.8. The summed E-state index contributed by atoms with van der Waals surface area (Å²) >= 11 is 0. The molecule has 0 fully saturated rings. The van der Waals surface area contributed by atoms with Gasteiger partial charge >= 0.3 is 0 Å². The molecular weight excluding hydrogens is 198 g/mol. The van der Waals surface area contributed by atoms with Crippen LogP contribution in [0.5, 0.6) is 0 Å². The molecule has 0 rings (SSSR count). The third kappa shape index (κ3) is 4.47. The van der Waals surface area contributed by atoms with Crippen molar-refractivity contribution in [3.8, 4) is 0 Å². The zero-order valence-corrected chi connectivity index (χ0v) is 10.7. The van der Waals surface area contributed by atoms with Crippen LogP contribution in [-0.2, 0) is 4.79 Å². The topological polar surface area (TPSA) is 29.1 Å². The lowest BCUT2D eigenvalue weighted by Crippen LogP contribution is -2.28. The highest BCUT2D eigenvalue weighted by molar-refractivity contribution is 5.95. The lowest BCUT2D eigenvalue weighted by atomic mass is 9.79. The molecule has 1 N–H and O–H groups in total. The number of hydrogen-bond acceptors (Lipinski definition) is 1. The van der Waals surface area contributed by atoms with Gasteiger partial charge in [0.2, 0.25) is 0 Å². The standard InChI is InChI=1S/C14H23NO/c1-6-9-11-14(4,5)12(10-7-2)13(16)15-8-3/h7-8,10H,2-3,6,9,11H2,1,4-5H3,(H,15,16)/b12-10+. The van der Waals surface area contributed by atoms with E-state index in [1.807, 2.05) is 0 Å². The molecule has 0 aromatic heterocycles. The molecular formula is C14H23NO. The predicted molar refractivity (Wildman–Crippen MR) is 69.9 cm³/mol. The first-order valence-corrected chi connectivity index (χ1v) is 5.74. The molecule has 0 saturated heterocycles. The van der Waals surface area contributed by atoms with E-state index in [1.54, 1.807) is 12.2 Å². The van der Waals surface area contributed by atoms with Gasteiger partial charge in [-0.15, -0.1) is 0 Å². The molecule has 0 unspecified atom stereocenters. The summed E-state index contributed by atoms with van der Waals surface area (Å²) in [6.45, 7) is 13.5. The van der Waals surface area contributed by atoms with E-state index in [2.05, 4.69) is 39.2 Å². The predicted octanol–water partition coefficient (Wildman–Crippen LogP) is 3.57. The maximum atomic E-state index is 11.8. The number of nitrogens with one attached hydrogen (secondary N) is 1. The van der Waals surface area contributed by atoms with Crippen molar-refractivity contribution in [3.05, 3.63) is 37.1 Å². The molecule has 0 aromatic carbocycles. The van der Waals surface area contributed by atoms with Gasteiger partial charge in [0.1, 0.15) is 0 Å². The van der Waals surface area contributed by atoms with Gasteiger partial charge in [-0.2, -0.15) is 0 Å². The van der Waals surface area contributed by atoms with Crippen LogP contribution in [0, 0.1) is 5.41 Å². The highest BCUT2D eigenvalue weighted by atomic mass is 16.1. The fourth-order valence-electron chi connectivity index (χ4n) is 1.65. The van der Waals surface area contributed by atoms with Gasteiger partial charge in [-0.05, 0) is 18.0 Å². The van der Waals surface area contributed by atoms with Gasteiger partial charge in [0.25, 0.3) is 5.91 Å². The molecule has 0 bridgehead atoms. The van der Waals surface area contributed by atoms with Crippen molar-refractivity contribution in [2.24, 2.45) is 5.41 Å². The highest BCUT2D eigenvalue weighted by Crippen LogP contribution is 2.32. The van der Waals surface area contributed by atoms with E-state index in [0.29, 0.717) is 0 Å². The van der Waals surface area contributed by atoms with Gasteiger partial charge in [0.15, 0.2) is 0 Å². The average molecular weight is 221 g/mol.